The van der Waals surface area contributed by atoms with Crippen LogP contribution in [0.4, 0.5) is 4.39 Å². The lowest BCUT2D eigenvalue weighted by Crippen LogP contribution is -2.35. The van der Waals surface area contributed by atoms with Crippen LogP contribution in [0, 0.1) is 5.82 Å². The molecule has 0 spiro atoms. The summed E-state index contributed by atoms with van der Waals surface area (Å²) in [4.78, 5) is 12.1. The number of carbonyl (C=O) groups excluding carboxylic acids is 1. The molecule has 1 aromatic rings. The summed E-state index contributed by atoms with van der Waals surface area (Å²) in [5.74, 6) is -0.543. The molecule has 0 saturated carbocycles. The van der Waals surface area contributed by atoms with Gasteiger partial charge in [0.1, 0.15) is 0 Å². The highest BCUT2D eigenvalue weighted by molar-refractivity contribution is 5.94. The van der Waals surface area contributed by atoms with Crippen LogP contribution >= 0.6 is 0 Å². The van der Waals surface area contributed by atoms with E-state index in [9.17, 15) is 9.18 Å². The smallest absolute Gasteiger partial charge is 0.251 e. The van der Waals surface area contributed by atoms with Gasteiger partial charge in [-0.1, -0.05) is 0 Å². The van der Waals surface area contributed by atoms with Crippen LogP contribution in [0.2, 0.25) is 0 Å². The molecule has 2 N–H and O–H groups in total. The van der Waals surface area contributed by atoms with Crippen LogP contribution in [-0.2, 0) is 0 Å². The number of carbonyl (C=O) groups is 1. The fraction of sp³-hybridized carbons (Fsp3) is 0.500. The molecule has 1 aromatic carbocycles. The van der Waals surface area contributed by atoms with Crippen molar-refractivity contribution in [2.75, 3.05) is 20.2 Å². The Bertz CT molecular complexity index is 443. The molecule has 1 heterocycles. The summed E-state index contributed by atoms with van der Waals surface area (Å²) >= 11 is 0. The summed E-state index contributed by atoms with van der Waals surface area (Å²) in [6, 6.07) is 4.34. The van der Waals surface area contributed by atoms with Crippen molar-refractivity contribution >= 4 is 5.91 Å². The van der Waals surface area contributed by atoms with Crippen LogP contribution in [0.1, 0.15) is 29.6 Å². The zero-order chi connectivity index (χ0) is 13.7. The Morgan fingerprint density at radius 1 is 1.42 bits per heavy atom. The minimum absolute atomic E-state index is 0.0928. The fourth-order valence-corrected chi connectivity index (χ4v) is 2.23. The van der Waals surface area contributed by atoms with Crippen LogP contribution in [-0.4, -0.2) is 32.1 Å². The monoisotopic (exact) mass is 266 g/mol. The van der Waals surface area contributed by atoms with Crippen molar-refractivity contribution in [1.29, 1.82) is 0 Å². The van der Waals surface area contributed by atoms with Crippen LogP contribution in [0.3, 0.4) is 0 Å². The average Bonchev–Trinajstić information content (AvgIpc) is 2.68. The molecule has 1 aliphatic heterocycles. The molecule has 1 fully saturated rings. The quantitative estimate of drug-likeness (QED) is 0.875. The Hall–Kier alpha value is -1.62. The van der Waals surface area contributed by atoms with Crippen molar-refractivity contribution in [3.8, 4) is 5.75 Å². The summed E-state index contributed by atoms with van der Waals surface area (Å²) < 4.78 is 18.2. The molecule has 4 nitrogen and oxygen atoms in total. The third-order valence-electron chi connectivity index (χ3n) is 3.32. The number of methoxy groups -OCH3 is 1. The van der Waals surface area contributed by atoms with Crippen molar-refractivity contribution in [2.24, 2.45) is 0 Å². The van der Waals surface area contributed by atoms with Crippen LogP contribution < -0.4 is 15.4 Å². The molecular weight excluding hydrogens is 247 g/mol. The van der Waals surface area contributed by atoms with Crippen molar-refractivity contribution < 1.29 is 13.9 Å². The van der Waals surface area contributed by atoms with E-state index in [1.54, 1.807) is 0 Å². The van der Waals surface area contributed by atoms with E-state index in [2.05, 4.69) is 10.6 Å². The standard InChI is InChI=1S/C14H19FN2O2/c1-19-13-9-10(4-5-12(13)15)14(18)17-11-3-2-7-16-8-6-11/h4-5,9,11,16H,2-3,6-8H2,1H3,(H,17,18). The van der Waals surface area contributed by atoms with Gasteiger partial charge in [-0.05, 0) is 50.6 Å². The van der Waals surface area contributed by atoms with Gasteiger partial charge < -0.3 is 15.4 Å². The largest absolute Gasteiger partial charge is 0.494 e. The summed E-state index contributed by atoms with van der Waals surface area (Å²) in [5.41, 5.74) is 0.426. The van der Waals surface area contributed by atoms with Gasteiger partial charge in [0.25, 0.3) is 5.91 Å². The topological polar surface area (TPSA) is 50.4 Å². The molecular formula is C14H19FN2O2. The van der Waals surface area contributed by atoms with E-state index in [-0.39, 0.29) is 17.7 Å². The summed E-state index contributed by atoms with van der Waals surface area (Å²) in [5, 5.41) is 6.28. The normalized spacial score (nSPS) is 19.6. The molecule has 0 radical (unpaired) electrons. The van der Waals surface area contributed by atoms with Gasteiger partial charge in [-0.25, -0.2) is 4.39 Å². The number of hydrogen-bond acceptors (Lipinski definition) is 3. The molecule has 2 rings (SSSR count). The third kappa shape index (κ3) is 3.67. The Morgan fingerprint density at radius 2 is 2.26 bits per heavy atom. The number of amides is 1. The first-order valence-corrected chi connectivity index (χ1v) is 6.56. The molecule has 0 aliphatic carbocycles. The predicted octanol–water partition coefficient (Wildman–Crippen LogP) is 1.71. The van der Waals surface area contributed by atoms with E-state index < -0.39 is 5.82 Å². The maximum Gasteiger partial charge on any atom is 0.251 e. The molecule has 1 amide bonds. The van der Waals surface area contributed by atoms with Gasteiger partial charge in [0.2, 0.25) is 0 Å². The first kappa shape index (κ1) is 13.8. The average molecular weight is 266 g/mol. The SMILES string of the molecule is COc1cc(C(=O)NC2CCCNCC2)ccc1F. The predicted molar refractivity (Wildman–Crippen MR) is 70.9 cm³/mol. The highest BCUT2D eigenvalue weighted by atomic mass is 19.1. The highest BCUT2D eigenvalue weighted by Crippen LogP contribution is 2.18. The maximum absolute atomic E-state index is 13.3. The second kappa shape index (κ2) is 6.52. The van der Waals surface area contributed by atoms with E-state index >= 15 is 0 Å². The first-order chi connectivity index (χ1) is 9.20. The number of rotatable bonds is 3. The number of nitrogens with one attached hydrogen (secondary N) is 2. The van der Waals surface area contributed by atoms with Gasteiger partial charge in [0, 0.05) is 11.6 Å². The van der Waals surface area contributed by atoms with E-state index in [1.165, 1.54) is 25.3 Å². The molecule has 1 atom stereocenters. The Morgan fingerprint density at radius 3 is 3.05 bits per heavy atom. The number of ether oxygens (including phenoxy) is 1. The van der Waals surface area contributed by atoms with E-state index in [0.717, 1.165) is 32.4 Å². The summed E-state index contributed by atoms with van der Waals surface area (Å²) in [6.45, 7) is 1.91. The molecule has 104 valence electrons. The number of halogens is 1. The van der Waals surface area contributed by atoms with Crippen molar-refractivity contribution in [1.82, 2.24) is 10.6 Å². The summed E-state index contributed by atoms with van der Waals surface area (Å²) in [6.07, 6.45) is 2.94. The molecule has 0 bridgehead atoms. The fourth-order valence-electron chi connectivity index (χ4n) is 2.23. The van der Waals surface area contributed by atoms with E-state index in [4.69, 9.17) is 4.74 Å². The van der Waals surface area contributed by atoms with Crippen LogP contribution in [0.5, 0.6) is 5.75 Å². The Labute approximate surface area is 112 Å². The minimum atomic E-state index is -0.460. The molecule has 1 unspecified atom stereocenters. The van der Waals surface area contributed by atoms with Crippen LogP contribution in [0.25, 0.3) is 0 Å². The zero-order valence-electron chi connectivity index (χ0n) is 11.0. The van der Waals surface area contributed by atoms with E-state index in [0.29, 0.717) is 5.56 Å². The lowest BCUT2D eigenvalue weighted by atomic mass is 10.1. The second-order valence-corrected chi connectivity index (χ2v) is 4.70. The number of benzene rings is 1. The molecule has 1 aliphatic rings. The van der Waals surface area contributed by atoms with Crippen molar-refractivity contribution in [3.63, 3.8) is 0 Å². The summed E-state index contributed by atoms with van der Waals surface area (Å²) in [7, 11) is 1.39. The van der Waals surface area contributed by atoms with Gasteiger partial charge in [0.15, 0.2) is 11.6 Å². The second-order valence-electron chi connectivity index (χ2n) is 4.70. The zero-order valence-corrected chi connectivity index (χ0v) is 11.0. The lowest BCUT2D eigenvalue weighted by molar-refractivity contribution is 0.0933. The molecule has 1 saturated heterocycles. The minimum Gasteiger partial charge on any atom is -0.494 e. The third-order valence-corrected chi connectivity index (χ3v) is 3.32. The lowest BCUT2D eigenvalue weighted by Gasteiger charge is -2.16. The Kier molecular flexibility index (Phi) is 4.74. The van der Waals surface area contributed by atoms with Gasteiger partial charge in [-0.2, -0.15) is 0 Å². The Balaban J connectivity index is 2.02. The first-order valence-electron chi connectivity index (χ1n) is 6.56. The van der Waals surface area contributed by atoms with Gasteiger partial charge in [-0.15, -0.1) is 0 Å². The van der Waals surface area contributed by atoms with Gasteiger partial charge in [0.05, 0.1) is 7.11 Å². The van der Waals surface area contributed by atoms with Gasteiger partial charge >= 0.3 is 0 Å². The van der Waals surface area contributed by atoms with Crippen LogP contribution in [0.15, 0.2) is 18.2 Å². The molecule has 19 heavy (non-hydrogen) atoms. The molecule has 5 heteroatoms. The maximum atomic E-state index is 13.3. The molecule has 0 aromatic heterocycles. The van der Waals surface area contributed by atoms with Crippen molar-refractivity contribution in [3.05, 3.63) is 29.6 Å². The highest BCUT2D eigenvalue weighted by Gasteiger charge is 2.16. The number of hydrogen-bond donors (Lipinski definition) is 2. The van der Waals surface area contributed by atoms with Crippen molar-refractivity contribution in [2.45, 2.75) is 25.3 Å². The van der Waals surface area contributed by atoms with Gasteiger partial charge in [-0.3, -0.25) is 4.79 Å². The van der Waals surface area contributed by atoms with E-state index in [1.807, 2.05) is 0 Å².